The number of hydrogen-bond acceptors (Lipinski definition) is 2. The van der Waals surface area contributed by atoms with Gasteiger partial charge in [-0.3, -0.25) is 0 Å². The second-order valence-corrected chi connectivity index (χ2v) is 5.36. The van der Waals surface area contributed by atoms with Gasteiger partial charge in [-0.15, -0.1) is 0 Å². The number of nitrogens with zero attached hydrogens (tertiary/aromatic N) is 1. The zero-order chi connectivity index (χ0) is 13.9. The quantitative estimate of drug-likeness (QED) is 0.784. The monoisotopic (exact) mass is 283 g/mol. The molecule has 1 heterocycles. The molecule has 0 aromatic heterocycles. The number of ether oxygens (including phenoxy) is 1. The highest BCUT2D eigenvalue weighted by molar-refractivity contribution is 7.80. The highest BCUT2D eigenvalue weighted by atomic mass is 32.1. The molecule has 0 unspecified atom stereocenters. The average molecular weight is 283 g/mol. The highest BCUT2D eigenvalue weighted by Crippen LogP contribution is 2.22. The van der Waals surface area contributed by atoms with Crippen LogP contribution in [0, 0.1) is 0 Å². The Morgan fingerprint density at radius 1 is 1.10 bits per heavy atom. The number of benzene rings is 2. The number of rotatable bonds is 2. The van der Waals surface area contributed by atoms with E-state index in [-0.39, 0.29) is 0 Å². The molecule has 0 saturated carbocycles. The van der Waals surface area contributed by atoms with Gasteiger partial charge in [-0.05, 0) is 29.7 Å². The van der Waals surface area contributed by atoms with Crippen LogP contribution in [-0.4, -0.2) is 23.5 Å². The summed E-state index contributed by atoms with van der Waals surface area (Å²) >= 11 is 5.65. The van der Waals surface area contributed by atoms with Gasteiger partial charge in [0.1, 0.15) is 10.7 Å². The van der Waals surface area contributed by atoms with Crippen molar-refractivity contribution in [1.29, 1.82) is 0 Å². The van der Waals surface area contributed by atoms with Gasteiger partial charge in [-0.1, -0.05) is 48.6 Å². The molecule has 0 amide bonds. The summed E-state index contributed by atoms with van der Waals surface area (Å²) in [4.78, 5) is 3.17. The SMILES string of the molecule is COc1cccc(C(=S)N2CCc3ccccc3C2)c1. The molecule has 0 bridgehead atoms. The lowest BCUT2D eigenvalue weighted by Gasteiger charge is -2.31. The fourth-order valence-electron chi connectivity index (χ4n) is 2.61. The molecule has 2 nitrogen and oxygen atoms in total. The van der Waals surface area contributed by atoms with Crippen molar-refractivity contribution in [3.63, 3.8) is 0 Å². The largest absolute Gasteiger partial charge is 0.497 e. The first-order valence-corrected chi connectivity index (χ1v) is 7.19. The number of fused-ring (bicyclic) bond motifs is 1. The minimum Gasteiger partial charge on any atom is -0.497 e. The van der Waals surface area contributed by atoms with E-state index in [1.54, 1.807) is 7.11 Å². The first-order valence-electron chi connectivity index (χ1n) is 6.78. The average Bonchev–Trinajstić information content (AvgIpc) is 2.53. The van der Waals surface area contributed by atoms with Gasteiger partial charge in [0.25, 0.3) is 0 Å². The summed E-state index contributed by atoms with van der Waals surface area (Å²) in [6.07, 6.45) is 1.06. The van der Waals surface area contributed by atoms with E-state index in [4.69, 9.17) is 17.0 Å². The van der Waals surface area contributed by atoms with E-state index in [1.807, 2.05) is 24.3 Å². The standard InChI is InChI=1S/C17H17NOS/c1-19-16-8-4-7-14(11-16)17(20)18-10-9-13-5-2-3-6-15(13)12-18/h2-8,11H,9-10,12H2,1H3. The third-order valence-corrected chi connectivity index (χ3v) is 4.23. The molecule has 3 rings (SSSR count). The van der Waals surface area contributed by atoms with Crippen LogP contribution in [0.25, 0.3) is 0 Å². The lowest BCUT2D eigenvalue weighted by molar-refractivity contribution is 0.400. The maximum Gasteiger partial charge on any atom is 0.119 e. The molecule has 20 heavy (non-hydrogen) atoms. The van der Waals surface area contributed by atoms with Crippen LogP contribution < -0.4 is 4.74 Å². The fraction of sp³-hybridized carbons (Fsp3) is 0.235. The summed E-state index contributed by atoms with van der Waals surface area (Å²) in [5, 5.41) is 0. The lowest BCUT2D eigenvalue weighted by Crippen LogP contribution is -2.35. The van der Waals surface area contributed by atoms with Gasteiger partial charge in [-0.25, -0.2) is 0 Å². The molecule has 102 valence electrons. The van der Waals surface area contributed by atoms with E-state index in [9.17, 15) is 0 Å². The van der Waals surface area contributed by atoms with E-state index in [0.29, 0.717) is 0 Å². The molecule has 2 aromatic rings. The van der Waals surface area contributed by atoms with Gasteiger partial charge in [0.2, 0.25) is 0 Å². The lowest BCUT2D eigenvalue weighted by atomic mass is 9.99. The molecule has 0 fully saturated rings. The van der Waals surface area contributed by atoms with Gasteiger partial charge in [0.05, 0.1) is 7.11 Å². The van der Waals surface area contributed by atoms with Crippen molar-refractivity contribution in [2.45, 2.75) is 13.0 Å². The van der Waals surface area contributed by atoms with Crippen molar-refractivity contribution in [2.75, 3.05) is 13.7 Å². The Kier molecular flexibility index (Phi) is 3.70. The Morgan fingerprint density at radius 3 is 2.70 bits per heavy atom. The molecule has 0 radical (unpaired) electrons. The Labute approximate surface area is 125 Å². The number of thiocarbonyl (C=S) groups is 1. The first kappa shape index (κ1) is 13.1. The number of hydrogen-bond donors (Lipinski definition) is 0. The third kappa shape index (κ3) is 2.54. The van der Waals surface area contributed by atoms with E-state index in [1.165, 1.54) is 11.1 Å². The summed E-state index contributed by atoms with van der Waals surface area (Å²) in [7, 11) is 1.68. The molecule has 0 spiro atoms. The molecule has 0 aliphatic carbocycles. The van der Waals surface area contributed by atoms with Crippen LogP contribution in [0.2, 0.25) is 0 Å². The Balaban J connectivity index is 1.82. The second kappa shape index (κ2) is 5.63. The van der Waals surface area contributed by atoms with Crippen LogP contribution in [-0.2, 0) is 13.0 Å². The third-order valence-electron chi connectivity index (χ3n) is 3.73. The molecule has 2 aromatic carbocycles. The van der Waals surface area contributed by atoms with Crippen molar-refractivity contribution in [3.05, 3.63) is 65.2 Å². The van der Waals surface area contributed by atoms with Crippen LogP contribution in [0.15, 0.2) is 48.5 Å². The highest BCUT2D eigenvalue weighted by Gasteiger charge is 2.18. The van der Waals surface area contributed by atoms with Gasteiger partial charge < -0.3 is 9.64 Å². The van der Waals surface area contributed by atoms with Crippen molar-refractivity contribution in [3.8, 4) is 5.75 Å². The van der Waals surface area contributed by atoms with Crippen molar-refractivity contribution in [1.82, 2.24) is 4.90 Å². The minimum absolute atomic E-state index is 0.849. The maximum absolute atomic E-state index is 5.65. The van der Waals surface area contributed by atoms with E-state index >= 15 is 0 Å². The summed E-state index contributed by atoms with van der Waals surface area (Å²) in [6.45, 7) is 1.87. The Hall–Kier alpha value is -1.87. The fourth-order valence-corrected chi connectivity index (χ4v) is 2.89. The van der Waals surface area contributed by atoms with Crippen molar-refractivity contribution in [2.24, 2.45) is 0 Å². The Bertz CT molecular complexity index is 638. The summed E-state index contributed by atoms with van der Waals surface area (Å²) in [6, 6.07) is 16.6. The molecule has 0 atom stereocenters. The minimum atomic E-state index is 0.849. The molecule has 1 aliphatic rings. The smallest absolute Gasteiger partial charge is 0.119 e. The molecule has 0 saturated heterocycles. The summed E-state index contributed by atoms with van der Waals surface area (Å²) in [5.41, 5.74) is 3.87. The van der Waals surface area contributed by atoms with Crippen LogP contribution >= 0.6 is 12.2 Å². The zero-order valence-corrected chi connectivity index (χ0v) is 12.3. The first-order chi connectivity index (χ1) is 9.78. The van der Waals surface area contributed by atoms with Gasteiger partial charge >= 0.3 is 0 Å². The normalized spacial score (nSPS) is 13.8. The molecule has 0 N–H and O–H groups in total. The molecular weight excluding hydrogens is 266 g/mol. The van der Waals surface area contributed by atoms with Crippen LogP contribution in [0.5, 0.6) is 5.75 Å². The Morgan fingerprint density at radius 2 is 1.90 bits per heavy atom. The molecule has 1 aliphatic heterocycles. The van der Waals surface area contributed by atoms with E-state index in [2.05, 4.69) is 29.2 Å². The van der Waals surface area contributed by atoms with Gasteiger partial charge in [0.15, 0.2) is 0 Å². The molecular formula is C17H17NOS. The summed E-state index contributed by atoms with van der Waals surface area (Å²) in [5.74, 6) is 0.849. The topological polar surface area (TPSA) is 12.5 Å². The van der Waals surface area contributed by atoms with Crippen molar-refractivity contribution >= 4 is 17.2 Å². The second-order valence-electron chi connectivity index (χ2n) is 4.98. The van der Waals surface area contributed by atoms with Crippen LogP contribution in [0.1, 0.15) is 16.7 Å². The summed E-state index contributed by atoms with van der Waals surface area (Å²) < 4.78 is 5.27. The van der Waals surface area contributed by atoms with E-state index in [0.717, 1.165) is 35.8 Å². The van der Waals surface area contributed by atoms with E-state index < -0.39 is 0 Å². The predicted octanol–water partition coefficient (Wildman–Crippen LogP) is 3.43. The van der Waals surface area contributed by atoms with Gasteiger partial charge in [-0.2, -0.15) is 0 Å². The number of methoxy groups -OCH3 is 1. The molecule has 3 heteroatoms. The van der Waals surface area contributed by atoms with Crippen molar-refractivity contribution < 1.29 is 4.74 Å². The zero-order valence-electron chi connectivity index (χ0n) is 11.5. The maximum atomic E-state index is 5.65. The predicted molar refractivity (Wildman–Crippen MR) is 85.3 cm³/mol. The van der Waals surface area contributed by atoms with Crippen LogP contribution in [0.3, 0.4) is 0 Å². The van der Waals surface area contributed by atoms with Gasteiger partial charge in [0, 0.05) is 18.7 Å². The van der Waals surface area contributed by atoms with Crippen LogP contribution in [0.4, 0.5) is 0 Å².